The minimum atomic E-state index is -0.621. The van der Waals surface area contributed by atoms with Crippen LogP contribution >= 0.6 is 0 Å². The Bertz CT molecular complexity index is 639. The number of benzene rings is 2. The predicted molar refractivity (Wildman–Crippen MR) is 113 cm³/mol. The van der Waals surface area contributed by atoms with Gasteiger partial charge in [0.1, 0.15) is 20.0 Å². The van der Waals surface area contributed by atoms with Crippen molar-refractivity contribution in [3.05, 3.63) is 71.8 Å². The second-order valence-electron chi connectivity index (χ2n) is 6.38. The average Bonchev–Trinajstić information content (AvgIpc) is 2.73. The molecule has 0 aromatic heterocycles. The summed E-state index contributed by atoms with van der Waals surface area (Å²) in [4.78, 5) is 30.0. The third-order valence-electron chi connectivity index (χ3n) is 3.06. The molecule has 0 saturated carbocycles. The van der Waals surface area contributed by atoms with Crippen LogP contribution in [0.3, 0.4) is 0 Å². The molecule has 0 aliphatic heterocycles. The molecule has 2 aromatic rings. The summed E-state index contributed by atoms with van der Waals surface area (Å²) < 4.78 is 19.4. The highest BCUT2D eigenvalue weighted by molar-refractivity contribution is 5.60. The van der Waals surface area contributed by atoms with Crippen LogP contribution < -0.4 is 0 Å². The summed E-state index contributed by atoms with van der Waals surface area (Å²) in [6.07, 6.45) is -1.52. The normalized spacial score (nSPS) is 9.40. The Morgan fingerprint density at radius 2 is 0.967 bits per heavy atom. The Hall–Kier alpha value is -3.35. The summed E-state index contributed by atoms with van der Waals surface area (Å²) in [6, 6.07) is 19.0. The molecule has 2 rings (SSSR count). The van der Waals surface area contributed by atoms with E-state index < -0.39 is 12.3 Å². The maximum absolute atomic E-state index is 11.0. The zero-order valence-electron chi connectivity index (χ0n) is 17.9. The lowest BCUT2D eigenvalue weighted by atomic mass is 10.2. The van der Waals surface area contributed by atoms with Gasteiger partial charge in [0.05, 0.1) is 12.2 Å². The molecule has 30 heavy (non-hydrogen) atoms. The molecule has 0 amide bonds. The summed E-state index contributed by atoms with van der Waals surface area (Å²) in [6.45, 7) is 9.64. The zero-order chi connectivity index (χ0) is 22.8. The third kappa shape index (κ3) is 14.7. The van der Waals surface area contributed by atoms with Crippen LogP contribution in [0.15, 0.2) is 60.7 Å². The number of carbonyl (C=O) groups is 3. The highest BCUT2D eigenvalue weighted by Crippen LogP contribution is 2.03. The van der Waals surface area contributed by atoms with Crippen LogP contribution in [-0.4, -0.2) is 31.3 Å². The fourth-order valence-electron chi connectivity index (χ4n) is 1.89. The number of ether oxygens (including phenoxy) is 4. The summed E-state index contributed by atoms with van der Waals surface area (Å²) in [5, 5.41) is 0. The molecule has 0 N–H and O–H groups in total. The predicted octanol–water partition coefficient (Wildman–Crippen LogP) is 5.31. The van der Waals surface area contributed by atoms with Gasteiger partial charge in [0.25, 0.3) is 0 Å². The van der Waals surface area contributed by atoms with E-state index in [-0.39, 0.29) is 25.4 Å². The molecular formula is C23H30O7. The van der Waals surface area contributed by atoms with Crippen LogP contribution in [-0.2, 0) is 37.0 Å². The van der Waals surface area contributed by atoms with Crippen LogP contribution in [0, 0.1) is 0 Å². The van der Waals surface area contributed by atoms with Crippen molar-refractivity contribution >= 4 is 19.1 Å². The van der Waals surface area contributed by atoms with Gasteiger partial charge in [-0.1, -0.05) is 60.7 Å². The molecule has 7 heteroatoms. The number of carbonyl (C=O) groups excluding carboxylic acids is 3. The molecule has 0 atom stereocenters. The largest absolute Gasteiger partial charge is 0.508 e. The van der Waals surface area contributed by atoms with Crippen molar-refractivity contribution in [2.24, 2.45) is 0 Å². The van der Waals surface area contributed by atoms with Gasteiger partial charge in [-0.25, -0.2) is 9.59 Å². The van der Waals surface area contributed by atoms with Crippen molar-refractivity contribution in [3.63, 3.8) is 0 Å². The lowest BCUT2D eigenvalue weighted by Crippen LogP contribution is -2.12. The smallest absolute Gasteiger partial charge is 0.432 e. The lowest BCUT2D eigenvalue weighted by Gasteiger charge is -2.08. The zero-order valence-corrected chi connectivity index (χ0v) is 17.9. The van der Waals surface area contributed by atoms with Gasteiger partial charge in [0.15, 0.2) is 0 Å². The van der Waals surface area contributed by atoms with E-state index >= 15 is 0 Å². The van der Waals surface area contributed by atoms with E-state index in [4.69, 9.17) is 23.7 Å². The van der Waals surface area contributed by atoms with E-state index in [1.807, 2.05) is 67.5 Å². The number of hydrogen-bond donors (Lipinski definition) is 0. The highest BCUT2D eigenvalue weighted by atomic mass is 16.7. The molecule has 164 valence electrons. The fourth-order valence-corrected chi connectivity index (χ4v) is 1.89. The Labute approximate surface area is 177 Å². The molecule has 0 fully saturated rings. The molecule has 7 nitrogen and oxygen atoms in total. The van der Waals surface area contributed by atoms with E-state index in [0.29, 0.717) is 0 Å². The Balaban J connectivity index is 0.000000518. The van der Waals surface area contributed by atoms with Gasteiger partial charge in [-0.3, -0.25) is 0 Å². The van der Waals surface area contributed by atoms with Gasteiger partial charge in [-0.05, 0) is 38.8 Å². The highest BCUT2D eigenvalue weighted by Gasteiger charge is 2.06. The van der Waals surface area contributed by atoms with E-state index in [1.54, 1.807) is 27.7 Å². The van der Waals surface area contributed by atoms with Crippen molar-refractivity contribution < 1.29 is 33.3 Å². The molecule has 0 aliphatic rings. The first-order valence-electron chi connectivity index (χ1n) is 9.40. The Morgan fingerprint density at radius 1 is 0.667 bits per heavy atom. The van der Waals surface area contributed by atoms with Gasteiger partial charge in [-0.2, -0.15) is 0 Å². The van der Waals surface area contributed by atoms with Gasteiger partial charge in [0, 0.05) is 0 Å². The van der Waals surface area contributed by atoms with E-state index in [2.05, 4.69) is 0 Å². The van der Waals surface area contributed by atoms with Crippen LogP contribution in [0.25, 0.3) is 0 Å². The van der Waals surface area contributed by atoms with Gasteiger partial charge in [-0.15, -0.1) is 0 Å². The van der Waals surface area contributed by atoms with E-state index in [1.165, 1.54) is 0 Å². The average molecular weight is 418 g/mol. The Kier molecular flexibility index (Phi) is 14.7. The molecule has 0 radical (unpaired) electrons. The molecule has 0 bridgehead atoms. The van der Waals surface area contributed by atoms with E-state index in [0.717, 1.165) is 11.1 Å². The summed E-state index contributed by atoms with van der Waals surface area (Å²) in [7, 11) is 0. The minimum absolute atomic E-state index is 0.140. The maximum Gasteiger partial charge on any atom is 0.508 e. The molecule has 2 aromatic carbocycles. The second-order valence-corrected chi connectivity index (χ2v) is 6.38. The summed E-state index contributed by atoms with van der Waals surface area (Å²) >= 11 is 0. The van der Waals surface area contributed by atoms with Crippen molar-refractivity contribution in [2.75, 3.05) is 0 Å². The first-order valence-corrected chi connectivity index (χ1v) is 9.40. The van der Waals surface area contributed by atoms with Crippen molar-refractivity contribution in [2.45, 2.75) is 53.1 Å². The summed E-state index contributed by atoms with van der Waals surface area (Å²) in [5.41, 5.74) is 1.90. The van der Waals surface area contributed by atoms with Crippen LogP contribution in [0.1, 0.15) is 38.8 Å². The lowest BCUT2D eigenvalue weighted by molar-refractivity contribution is -0.0980. The van der Waals surface area contributed by atoms with Crippen LogP contribution in [0.2, 0.25) is 0 Å². The molecule has 0 saturated heterocycles. The summed E-state index contributed by atoms with van der Waals surface area (Å²) in [5.74, 6) is 0. The minimum Gasteiger partial charge on any atom is -0.432 e. The van der Waals surface area contributed by atoms with Crippen molar-refractivity contribution in [3.8, 4) is 0 Å². The van der Waals surface area contributed by atoms with Gasteiger partial charge >= 0.3 is 12.3 Å². The maximum atomic E-state index is 11.0. The number of rotatable bonds is 6. The monoisotopic (exact) mass is 418 g/mol. The second kappa shape index (κ2) is 16.6. The molecule has 0 unspecified atom stereocenters. The van der Waals surface area contributed by atoms with Crippen LogP contribution in [0.4, 0.5) is 9.59 Å². The first-order chi connectivity index (χ1) is 14.4. The van der Waals surface area contributed by atoms with E-state index in [9.17, 15) is 9.59 Å². The van der Waals surface area contributed by atoms with Gasteiger partial charge in [0.2, 0.25) is 0 Å². The molecule has 0 spiro atoms. The third-order valence-corrected chi connectivity index (χ3v) is 3.06. The van der Waals surface area contributed by atoms with Gasteiger partial charge < -0.3 is 23.7 Å². The molecule has 0 aliphatic carbocycles. The first kappa shape index (κ1) is 26.6. The quantitative estimate of drug-likeness (QED) is 0.587. The number of hydrogen-bond acceptors (Lipinski definition) is 7. The van der Waals surface area contributed by atoms with Crippen LogP contribution in [0.5, 0.6) is 0 Å². The van der Waals surface area contributed by atoms with Crippen molar-refractivity contribution in [1.82, 2.24) is 0 Å². The fraction of sp³-hybridized carbons (Fsp3) is 0.348. The topological polar surface area (TPSA) is 88.1 Å². The molecular weight excluding hydrogens is 388 g/mol. The SMILES string of the molecule is C=O.CC(C)OC(=O)OCc1ccccc1.CC(C)OC(=O)OCc1ccccc1. The Morgan fingerprint density at radius 3 is 1.23 bits per heavy atom. The standard InChI is InChI=1S/2C11H14O3.CH2O/c2*1-9(2)14-11(12)13-8-10-6-4-3-5-7-10;1-2/h2*3-7,9H,8H2,1-2H3;1H2. The van der Waals surface area contributed by atoms with Crippen molar-refractivity contribution in [1.29, 1.82) is 0 Å². The molecule has 0 heterocycles.